The quantitative estimate of drug-likeness (QED) is 0.793. The zero-order chi connectivity index (χ0) is 17.2. The van der Waals surface area contributed by atoms with Crippen molar-refractivity contribution in [2.45, 2.75) is 38.3 Å². The first-order valence-electron chi connectivity index (χ1n) is 8.55. The van der Waals surface area contributed by atoms with Gasteiger partial charge in [-0.25, -0.2) is 5.10 Å². The second-order valence-electron chi connectivity index (χ2n) is 6.40. The molecule has 1 saturated carbocycles. The fourth-order valence-corrected chi connectivity index (χ4v) is 3.57. The number of aromatic amines is 1. The normalized spacial score (nSPS) is 14.9. The van der Waals surface area contributed by atoms with E-state index in [1.165, 1.54) is 0 Å². The molecule has 2 heterocycles. The van der Waals surface area contributed by atoms with Crippen LogP contribution < -0.4 is 5.56 Å². The summed E-state index contributed by atoms with van der Waals surface area (Å²) >= 11 is 0. The zero-order valence-corrected chi connectivity index (χ0v) is 13.8. The van der Waals surface area contributed by atoms with Gasteiger partial charge in [-0.05, 0) is 31.0 Å². The summed E-state index contributed by atoms with van der Waals surface area (Å²) in [6, 6.07) is 10.9. The lowest BCUT2D eigenvalue weighted by molar-refractivity contribution is 0.0644. The van der Waals surface area contributed by atoms with Gasteiger partial charge < -0.3 is 9.32 Å². The summed E-state index contributed by atoms with van der Waals surface area (Å²) in [7, 11) is 0. The Kier molecular flexibility index (Phi) is 4.09. The van der Waals surface area contributed by atoms with Crippen molar-refractivity contribution in [2.75, 3.05) is 0 Å². The maximum atomic E-state index is 13.3. The van der Waals surface area contributed by atoms with E-state index < -0.39 is 0 Å². The Hall–Kier alpha value is -2.89. The molecule has 128 valence electrons. The molecule has 6 nitrogen and oxygen atoms in total. The molecular weight excluding hydrogens is 318 g/mol. The first-order valence-corrected chi connectivity index (χ1v) is 8.55. The van der Waals surface area contributed by atoms with Crippen molar-refractivity contribution < 1.29 is 9.21 Å². The Balaban J connectivity index is 1.75. The van der Waals surface area contributed by atoms with Gasteiger partial charge in [0.1, 0.15) is 5.76 Å². The van der Waals surface area contributed by atoms with E-state index in [1.54, 1.807) is 24.5 Å². The van der Waals surface area contributed by atoms with Crippen LogP contribution in [0.3, 0.4) is 0 Å². The second kappa shape index (κ2) is 6.55. The van der Waals surface area contributed by atoms with Crippen LogP contribution in [0, 0.1) is 0 Å². The molecule has 1 N–H and O–H groups in total. The van der Waals surface area contributed by atoms with Crippen LogP contribution in [0.1, 0.15) is 41.9 Å². The molecule has 2 aromatic heterocycles. The smallest absolute Gasteiger partial charge is 0.275 e. The van der Waals surface area contributed by atoms with Gasteiger partial charge in [-0.1, -0.05) is 31.0 Å². The molecular formula is C19H19N3O3. The number of nitrogens with zero attached hydrogens (tertiary/aromatic N) is 2. The first-order chi connectivity index (χ1) is 12.2. The number of benzene rings is 1. The van der Waals surface area contributed by atoms with Gasteiger partial charge in [-0.2, -0.15) is 5.10 Å². The van der Waals surface area contributed by atoms with Crippen molar-refractivity contribution in [3.05, 3.63) is 64.5 Å². The maximum absolute atomic E-state index is 13.3. The average Bonchev–Trinajstić information content (AvgIpc) is 3.33. The molecule has 0 aliphatic heterocycles. The van der Waals surface area contributed by atoms with Crippen molar-refractivity contribution in [3.63, 3.8) is 0 Å². The number of hydrogen-bond donors (Lipinski definition) is 1. The molecule has 0 unspecified atom stereocenters. The minimum Gasteiger partial charge on any atom is -0.467 e. The molecule has 1 aliphatic carbocycles. The number of rotatable bonds is 4. The molecule has 0 atom stereocenters. The summed E-state index contributed by atoms with van der Waals surface area (Å²) in [6.07, 6.45) is 5.81. The number of amides is 1. The third kappa shape index (κ3) is 2.95. The van der Waals surface area contributed by atoms with Gasteiger partial charge in [0.25, 0.3) is 11.5 Å². The van der Waals surface area contributed by atoms with Crippen LogP contribution >= 0.6 is 0 Å². The van der Waals surface area contributed by atoms with Crippen molar-refractivity contribution >= 4 is 16.7 Å². The van der Waals surface area contributed by atoms with E-state index in [1.807, 2.05) is 23.1 Å². The lowest BCUT2D eigenvalue weighted by Crippen LogP contribution is -2.39. The zero-order valence-electron chi connectivity index (χ0n) is 13.8. The van der Waals surface area contributed by atoms with Gasteiger partial charge in [0.05, 0.1) is 18.2 Å². The summed E-state index contributed by atoms with van der Waals surface area (Å²) in [4.78, 5) is 27.1. The largest absolute Gasteiger partial charge is 0.467 e. The average molecular weight is 337 g/mol. The van der Waals surface area contributed by atoms with E-state index in [2.05, 4.69) is 10.2 Å². The third-order valence-electron chi connectivity index (χ3n) is 4.83. The number of carbonyl (C=O) groups excluding carboxylic acids is 1. The molecule has 6 heteroatoms. The van der Waals surface area contributed by atoms with Gasteiger partial charge in [-0.15, -0.1) is 0 Å². The molecule has 3 aromatic rings. The Morgan fingerprint density at radius 3 is 2.64 bits per heavy atom. The van der Waals surface area contributed by atoms with E-state index in [0.717, 1.165) is 31.4 Å². The van der Waals surface area contributed by atoms with Crippen LogP contribution in [0.5, 0.6) is 0 Å². The van der Waals surface area contributed by atoms with E-state index in [9.17, 15) is 9.59 Å². The summed E-state index contributed by atoms with van der Waals surface area (Å²) < 4.78 is 5.44. The van der Waals surface area contributed by atoms with Gasteiger partial charge in [0, 0.05) is 11.4 Å². The number of furan rings is 1. The lowest BCUT2D eigenvalue weighted by atomic mass is 10.1. The molecule has 1 amide bonds. The van der Waals surface area contributed by atoms with Crippen LogP contribution in [0.15, 0.2) is 51.9 Å². The van der Waals surface area contributed by atoms with E-state index in [-0.39, 0.29) is 23.2 Å². The molecule has 0 spiro atoms. The number of nitrogens with one attached hydrogen (secondary N) is 1. The Bertz CT molecular complexity index is 940. The van der Waals surface area contributed by atoms with Crippen LogP contribution in [0.4, 0.5) is 0 Å². The number of carbonyl (C=O) groups is 1. The van der Waals surface area contributed by atoms with Gasteiger partial charge in [-0.3, -0.25) is 9.59 Å². The van der Waals surface area contributed by atoms with E-state index in [4.69, 9.17) is 4.42 Å². The highest BCUT2D eigenvalue weighted by Gasteiger charge is 2.30. The molecule has 0 bridgehead atoms. The van der Waals surface area contributed by atoms with Crippen molar-refractivity contribution in [3.8, 4) is 0 Å². The molecule has 4 rings (SSSR count). The number of hydrogen-bond acceptors (Lipinski definition) is 4. The molecule has 0 radical (unpaired) electrons. The fourth-order valence-electron chi connectivity index (χ4n) is 3.57. The minimum absolute atomic E-state index is 0.171. The summed E-state index contributed by atoms with van der Waals surface area (Å²) in [5, 5.41) is 7.58. The Morgan fingerprint density at radius 2 is 1.92 bits per heavy atom. The minimum atomic E-state index is -0.286. The van der Waals surface area contributed by atoms with Crippen LogP contribution in [-0.2, 0) is 6.54 Å². The highest BCUT2D eigenvalue weighted by atomic mass is 16.3. The molecule has 25 heavy (non-hydrogen) atoms. The summed E-state index contributed by atoms with van der Waals surface area (Å²) in [5.41, 5.74) is -0.000688. The van der Waals surface area contributed by atoms with E-state index in [0.29, 0.717) is 17.3 Å². The molecule has 0 saturated heterocycles. The molecule has 1 aliphatic rings. The van der Waals surface area contributed by atoms with Gasteiger partial charge >= 0.3 is 0 Å². The van der Waals surface area contributed by atoms with E-state index >= 15 is 0 Å². The SMILES string of the molecule is O=C(c1n[nH]c(=O)c2ccccc12)N(Cc1ccco1)C1CCCC1. The number of aromatic nitrogens is 2. The van der Waals surface area contributed by atoms with Crippen LogP contribution in [0.2, 0.25) is 0 Å². The highest BCUT2D eigenvalue weighted by molar-refractivity contribution is 6.04. The Morgan fingerprint density at radius 1 is 1.16 bits per heavy atom. The fraction of sp³-hybridized carbons (Fsp3) is 0.316. The summed E-state index contributed by atoms with van der Waals surface area (Å²) in [5.74, 6) is 0.574. The molecule has 1 aromatic carbocycles. The van der Waals surface area contributed by atoms with Crippen molar-refractivity contribution in [1.29, 1.82) is 0 Å². The first kappa shape index (κ1) is 15.6. The Labute approximate surface area is 144 Å². The number of H-pyrrole nitrogens is 1. The van der Waals surface area contributed by atoms with Crippen molar-refractivity contribution in [1.82, 2.24) is 15.1 Å². The van der Waals surface area contributed by atoms with Crippen molar-refractivity contribution in [2.24, 2.45) is 0 Å². The lowest BCUT2D eigenvalue weighted by Gasteiger charge is -2.28. The summed E-state index contributed by atoms with van der Waals surface area (Å²) in [6.45, 7) is 0.408. The predicted molar refractivity (Wildman–Crippen MR) is 93.2 cm³/mol. The topological polar surface area (TPSA) is 79.2 Å². The maximum Gasteiger partial charge on any atom is 0.275 e. The number of fused-ring (bicyclic) bond motifs is 1. The standard InChI is InChI=1S/C19H19N3O3/c23-18-16-10-4-3-9-15(16)17(20-21-18)19(24)22(13-6-1-2-7-13)12-14-8-5-11-25-14/h3-5,8-11,13H,1-2,6-7,12H2,(H,21,23). The second-order valence-corrected chi connectivity index (χ2v) is 6.40. The van der Waals surface area contributed by atoms with Crippen LogP contribution in [0.25, 0.3) is 10.8 Å². The molecule has 1 fully saturated rings. The monoisotopic (exact) mass is 337 g/mol. The predicted octanol–water partition coefficient (Wildman–Crippen LogP) is 3.10. The third-order valence-corrected chi connectivity index (χ3v) is 4.83. The van der Waals surface area contributed by atoms with Gasteiger partial charge in [0.2, 0.25) is 0 Å². The van der Waals surface area contributed by atoms with Crippen LogP contribution in [-0.4, -0.2) is 27.0 Å². The van der Waals surface area contributed by atoms with Gasteiger partial charge in [0.15, 0.2) is 5.69 Å². The highest BCUT2D eigenvalue weighted by Crippen LogP contribution is 2.27.